The molecule has 7 nitrogen and oxygen atoms in total. The van der Waals surface area contributed by atoms with Gasteiger partial charge in [0.2, 0.25) is 0 Å². The van der Waals surface area contributed by atoms with Crippen molar-refractivity contribution in [3.8, 4) is 34.0 Å². The number of para-hydroxylation sites is 1. The van der Waals surface area contributed by atoms with E-state index in [4.69, 9.17) is 4.74 Å². The van der Waals surface area contributed by atoms with Crippen LogP contribution in [0, 0.1) is 5.82 Å². The Labute approximate surface area is 200 Å². The number of hydrogen-bond acceptors (Lipinski definition) is 5. The molecule has 0 spiro atoms. The van der Waals surface area contributed by atoms with Crippen LogP contribution < -0.4 is 4.74 Å². The molecule has 0 radical (unpaired) electrons. The van der Waals surface area contributed by atoms with Gasteiger partial charge in [0.25, 0.3) is 10.1 Å². The quantitative estimate of drug-likeness (QED) is 0.278. The highest BCUT2D eigenvalue weighted by atomic mass is 35.5. The Kier molecular flexibility index (Phi) is 5.94. The summed E-state index contributed by atoms with van der Waals surface area (Å²) < 4.78 is 52.8. The molecule has 5 aromatic rings. The highest BCUT2D eigenvalue weighted by Crippen LogP contribution is 2.41. The van der Waals surface area contributed by atoms with E-state index in [2.05, 4.69) is 9.97 Å². The van der Waals surface area contributed by atoms with Gasteiger partial charge in [-0.3, -0.25) is 4.55 Å². The number of halogens is 2. The molecule has 0 unspecified atom stereocenters. The summed E-state index contributed by atoms with van der Waals surface area (Å²) in [7, 11) is -3.06. The molecular formula is C24H18ClFN2O5S. The Balaban J connectivity index is 0.00000274. The van der Waals surface area contributed by atoms with Crippen molar-refractivity contribution >= 4 is 44.3 Å². The first-order valence-corrected chi connectivity index (χ1v) is 11.3. The molecule has 0 atom stereocenters. The van der Waals surface area contributed by atoms with E-state index in [0.29, 0.717) is 33.7 Å². The van der Waals surface area contributed by atoms with Gasteiger partial charge in [0, 0.05) is 10.9 Å². The first-order valence-electron chi connectivity index (χ1n) is 9.83. The smallest absolute Gasteiger partial charge is 0.295 e. The van der Waals surface area contributed by atoms with Crippen molar-refractivity contribution in [3.05, 3.63) is 72.5 Å². The van der Waals surface area contributed by atoms with Gasteiger partial charge in [-0.15, -0.1) is 12.4 Å². The summed E-state index contributed by atoms with van der Waals surface area (Å²) in [6.45, 7) is 0. The summed E-state index contributed by atoms with van der Waals surface area (Å²) in [6.07, 6.45) is 0. The molecule has 1 aromatic heterocycles. The summed E-state index contributed by atoms with van der Waals surface area (Å²) in [4.78, 5) is 7.34. The van der Waals surface area contributed by atoms with Crippen LogP contribution in [-0.4, -0.2) is 35.2 Å². The number of aromatic nitrogens is 2. The third-order valence-electron chi connectivity index (χ3n) is 5.46. The van der Waals surface area contributed by atoms with Crippen molar-refractivity contribution in [2.75, 3.05) is 7.11 Å². The lowest BCUT2D eigenvalue weighted by Gasteiger charge is -2.12. The average Bonchev–Trinajstić information content (AvgIpc) is 3.22. The minimum absolute atomic E-state index is 0. The van der Waals surface area contributed by atoms with Gasteiger partial charge in [-0.1, -0.05) is 36.4 Å². The fraction of sp³-hybridized carbons (Fsp3) is 0.0417. The third-order valence-corrected chi connectivity index (χ3v) is 6.35. The van der Waals surface area contributed by atoms with E-state index in [1.54, 1.807) is 24.3 Å². The molecule has 0 fully saturated rings. The van der Waals surface area contributed by atoms with Crippen molar-refractivity contribution in [2.24, 2.45) is 0 Å². The normalized spacial score (nSPS) is 11.5. The topological polar surface area (TPSA) is 113 Å². The number of ether oxygens (including phenoxy) is 1. The lowest BCUT2D eigenvalue weighted by molar-refractivity contribution is 0.418. The maximum absolute atomic E-state index is 13.4. The molecule has 0 amide bonds. The third kappa shape index (κ3) is 3.83. The lowest BCUT2D eigenvalue weighted by Crippen LogP contribution is -1.99. The van der Waals surface area contributed by atoms with E-state index in [0.717, 1.165) is 5.56 Å². The molecule has 0 saturated carbocycles. The van der Waals surface area contributed by atoms with E-state index in [1.165, 1.54) is 43.5 Å². The van der Waals surface area contributed by atoms with Gasteiger partial charge >= 0.3 is 0 Å². The molecule has 3 N–H and O–H groups in total. The van der Waals surface area contributed by atoms with Gasteiger partial charge in [-0.25, -0.2) is 9.37 Å². The second kappa shape index (κ2) is 8.60. The van der Waals surface area contributed by atoms with E-state index in [1.807, 2.05) is 6.07 Å². The molecule has 0 bridgehead atoms. The Bertz CT molecular complexity index is 1650. The fourth-order valence-corrected chi connectivity index (χ4v) is 4.74. The number of hydrogen-bond donors (Lipinski definition) is 3. The van der Waals surface area contributed by atoms with E-state index in [9.17, 15) is 22.5 Å². The van der Waals surface area contributed by atoms with Gasteiger partial charge in [-0.2, -0.15) is 8.42 Å². The van der Waals surface area contributed by atoms with Crippen molar-refractivity contribution in [2.45, 2.75) is 4.90 Å². The summed E-state index contributed by atoms with van der Waals surface area (Å²) in [5.74, 6) is 0.315. The summed E-state index contributed by atoms with van der Waals surface area (Å²) >= 11 is 0. The maximum Gasteiger partial charge on any atom is 0.295 e. The number of phenols is 1. The molecule has 5 rings (SSSR count). The maximum atomic E-state index is 13.4. The minimum atomic E-state index is -4.57. The van der Waals surface area contributed by atoms with Crippen LogP contribution in [0.4, 0.5) is 4.39 Å². The molecule has 4 aromatic carbocycles. The van der Waals surface area contributed by atoms with Crippen LogP contribution in [0.15, 0.2) is 71.6 Å². The zero-order chi connectivity index (χ0) is 23.3. The van der Waals surface area contributed by atoms with Crippen LogP contribution in [0.5, 0.6) is 11.5 Å². The molecule has 0 aliphatic carbocycles. The van der Waals surface area contributed by atoms with E-state index < -0.39 is 10.1 Å². The Morgan fingerprint density at radius 2 is 1.68 bits per heavy atom. The molecule has 34 heavy (non-hydrogen) atoms. The van der Waals surface area contributed by atoms with Crippen molar-refractivity contribution in [1.82, 2.24) is 9.97 Å². The van der Waals surface area contributed by atoms with Crippen LogP contribution in [0.2, 0.25) is 0 Å². The van der Waals surface area contributed by atoms with Crippen molar-refractivity contribution in [3.63, 3.8) is 0 Å². The van der Waals surface area contributed by atoms with Gasteiger partial charge in [-0.05, 0) is 35.9 Å². The number of aromatic amines is 1. The SMILES string of the molecule is COc1c(-c2ccc(F)cc2)cccc1-c1nc2c(cc(S(=O)(=O)O)c3cccc(O)c32)[nH]1.Cl. The van der Waals surface area contributed by atoms with E-state index >= 15 is 0 Å². The minimum Gasteiger partial charge on any atom is -0.507 e. The zero-order valence-electron chi connectivity index (χ0n) is 17.6. The van der Waals surface area contributed by atoms with Gasteiger partial charge in [0.15, 0.2) is 0 Å². The Morgan fingerprint density at radius 1 is 1.00 bits per heavy atom. The highest BCUT2D eigenvalue weighted by molar-refractivity contribution is 7.86. The standard InChI is InChI=1S/C24H17FN2O5S.ClH/c1-32-23-15(13-8-10-14(25)11-9-13)4-2-6-17(23)24-26-18-12-20(33(29,30)31)16-5-3-7-19(28)21(16)22(18)27-24;/h2-12,28H,1H3,(H,26,27)(H,29,30,31);1H. The number of rotatable bonds is 4. The largest absolute Gasteiger partial charge is 0.507 e. The van der Waals surface area contributed by atoms with Crippen LogP contribution in [0.3, 0.4) is 0 Å². The Morgan fingerprint density at radius 3 is 2.35 bits per heavy atom. The van der Waals surface area contributed by atoms with Crippen LogP contribution in [-0.2, 0) is 10.1 Å². The van der Waals surface area contributed by atoms with E-state index in [-0.39, 0.29) is 39.6 Å². The molecule has 1 heterocycles. The first-order chi connectivity index (χ1) is 15.8. The monoisotopic (exact) mass is 500 g/mol. The van der Waals surface area contributed by atoms with Crippen LogP contribution in [0.25, 0.3) is 44.3 Å². The number of phenolic OH excluding ortho intramolecular Hbond substituents is 1. The number of fused-ring (bicyclic) bond motifs is 3. The summed E-state index contributed by atoms with van der Waals surface area (Å²) in [5, 5.41) is 10.8. The van der Waals surface area contributed by atoms with Gasteiger partial charge in [0.05, 0.1) is 23.6 Å². The predicted octanol–water partition coefficient (Wildman–Crippen LogP) is 5.57. The lowest BCUT2D eigenvalue weighted by atomic mass is 10.0. The summed E-state index contributed by atoms with van der Waals surface area (Å²) in [6, 6.07) is 17.1. The second-order valence-corrected chi connectivity index (χ2v) is 8.81. The molecular weight excluding hydrogens is 483 g/mol. The molecule has 174 valence electrons. The highest BCUT2D eigenvalue weighted by Gasteiger charge is 2.22. The number of imidazole rings is 1. The van der Waals surface area contributed by atoms with Crippen molar-refractivity contribution < 1.29 is 27.2 Å². The zero-order valence-corrected chi connectivity index (χ0v) is 19.2. The number of aromatic hydroxyl groups is 1. The molecule has 0 aliphatic rings. The molecule has 0 saturated heterocycles. The number of benzene rings is 4. The predicted molar refractivity (Wildman–Crippen MR) is 130 cm³/mol. The summed E-state index contributed by atoms with van der Waals surface area (Å²) in [5.41, 5.74) is 2.66. The van der Waals surface area contributed by atoms with Crippen molar-refractivity contribution in [1.29, 1.82) is 0 Å². The molecule has 0 aliphatic heterocycles. The number of methoxy groups -OCH3 is 1. The average molecular weight is 501 g/mol. The van der Waals surface area contributed by atoms with Gasteiger partial charge in [0.1, 0.15) is 33.6 Å². The van der Waals surface area contributed by atoms with Crippen LogP contribution >= 0.6 is 12.4 Å². The second-order valence-electron chi connectivity index (χ2n) is 7.42. The fourth-order valence-electron chi connectivity index (χ4n) is 4.03. The molecule has 10 heteroatoms. The van der Waals surface area contributed by atoms with Gasteiger partial charge < -0.3 is 14.8 Å². The first kappa shape index (κ1) is 23.5. The Hall–Kier alpha value is -3.66. The number of nitrogens with zero attached hydrogens (tertiary/aromatic N) is 1. The number of nitrogens with one attached hydrogen (secondary N) is 1. The van der Waals surface area contributed by atoms with Crippen LogP contribution in [0.1, 0.15) is 0 Å². The number of H-pyrrole nitrogens is 1.